The van der Waals surface area contributed by atoms with E-state index >= 15 is 0 Å². The van der Waals surface area contributed by atoms with Crippen molar-refractivity contribution in [2.24, 2.45) is 0 Å². The molecule has 0 aliphatic rings. The largest absolute Gasteiger partial charge is 0.465 e. The third-order valence-corrected chi connectivity index (χ3v) is 6.62. The van der Waals surface area contributed by atoms with Gasteiger partial charge in [0.2, 0.25) is 10.9 Å². The molecule has 7 rings (SSSR count). The van der Waals surface area contributed by atoms with Gasteiger partial charge in [0.25, 0.3) is 5.91 Å². The van der Waals surface area contributed by atoms with Crippen molar-refractivity contribution < 1.29 is 14.3 Å². The Morgan fingerprint density at radius 3 is 1.79 bits per heavy atom. The van der Waals surface area contributed by atoms with Gasteiger partial charge in [-0.3, -0.25) is 28.9 Å². The maximum absolute atomic E-state index is 12.6. The smallest absolute Gasteiger partial charge is 0.343 e. The van der Waals surface area contributed by atoms with Gasteiger partial charge in [-0.15, -0.1) is 0 Å². The Labute approximate surface area is 243 Å². The molecule has 0 atom stereocenters. The fraction of sp³-hybridized carbons (Fsp3) is 0.0938. The molecule has 0 unspecified atom stereocenters. The second kappa shape index (κ2) is 12.3. The van der Waals surface area contributed by atoms with Gasteiger partial charge in [0.1, 0.15) is 17.5 Å². The highest BCUT2D eigenvalue weighted by atomic mass is 16.5. The van der Waals surface area contributed by atoms with Crippen LogP contribution in [-0.4, -0.2) is 48.5 Å². The zero-order chi connectivity index (χ0) is 30.5. The summed E-state index contributed by atoms with van der Waals surface area (Å²) < 4.78 is 5.85. The quantitative estimate of drug-likeness (QED) is 0.220. The topological polar surface area (TPSA) is 153 Å². The van der Waals surface area contributed by atoms with Crippen molar-refractivity contribution in [2.75, 3.05) is 7.11 Å². The average molecular weight is 575 g/mol. The zero-order valence-corrected chi connectivity index (χ0v) is 23.5. The van der Waals surface area contributed by atoms with Crippen LogP contribution in [0.15, 0.2) is 102 Å². The fourth-order valence-electron chi connectivity index (χ4n) is 4.61. The molecule has 0 amide bonds. The number of methoxy groups -OCH3 is 1. The van der Waals surface area contributed by atoms with Crippen LogP contribution in [0.25, 0.3) is 43.6 Å². The number of H-pyrrole nitrogens is 2. The van der Waals surface area contributed by atoms with E-state index in [1.54, 1.807) is 30.6 Å². The number of carbonyl (C=O) groups is 2. The van der Waals surface area contributed by atoms with Crippen molar-refractivity contribution in [2.45, 2.75) is 13.8 Å². The first-order valence-corrected chi connectivity index (χ1v) is 13.4. The van der Waals surface area contributed by atoms with Crippen LogP contribution in [0.1, 0.15) is 34.6 Å². The first-order chi connectivity index (χ1) is 21.0. The second-order valence-electron chi connectivity index (χ2n) is 8.96. The minimum Gasteiger partial charge on any atom is -0.465 e. The van der Waals surface area contributed by atoms with E-state index in [1.165, 1.54) is 42.8 Å². The third kappa shape index (κ3) is 5.26. The monoisotopic (exact) mass is 574 g/mol. The highest BCUT2D eigenvalue weighted by Gasteiger charge is 2.16. The Bertz CT molecular complexity index is 2240. The van der Waals surface area contributed by atoms with Crippen molar-refractivity contribution >= 4 is 55.5 Å². The molecule has 11 nitrogen and oxygen atoms in total. The number of aromatic amines is 2. The zero-order valence-electron chi connectivity index (χ0n) is 23.5. The van der Waals surface area contributed by atoms with Crippen LogP contribution in [0.4, 0.5) is 0 Å². The van der Waals surface area contributed by atoms with Gasteiger partial charge in [0, 0.05) is 58.7 Å². The molecule has 0 fully saturated rings. The summed E-state index contributed by atoms with van der Waals surface area (Å²) in [5, 5.41) is 2.72. The summed E-state index contributed by atoms with van der Waals surface area (Å²) in [7, 11) is 1.24. The normalized spacial score (nSPS) is 10.6. The number of carbonyl (C=O) groups excluding carboxylic acids is 2. The van der Waals surface area contributed by atoms with Gasteiger partial charge in [0.05, 0.1) is 29.2 Å². The Morgan fingerprint density at radius 1 is 0.744 bits per heavy atom. The molecule has 0 bridgehead atoms. The number of hydrogen-bond donors (Lipinski definition) is 2. The molecule has 7 aromatic rings. The molecular weight excluding hydrogens is 548 g/mol. The Balaban J connectivity index is 0.000000164. The molecule has 0 aliphatic heterocycles. The first kappa shape index (κ1) is 28.6. The molecule has 5 heterocycles. The molecule has 0 saturated heterocycles. The predicted octanol–water partition coefficient (Wildman–Crippen LogP) is 4.85. The van der Waals surface area contributed by atoms with E-state index in [-0.39, 0.29) is 22.0 Å². The summed E-state index contributed by atoms with van der Waals surface area (Å²) in [6.45, 7) is 4.00. The molecule has 0 aliphatic carbocycles. The molecule has 2 N–H and O–H groups in total. The molecule has 0 saturated carbocycles. The highest BCUT2D eigenvalue weighted by Crippen LogP contribution is 2.21. The number of imidazole rings is 1. The molecule has 214 valence electrons. The molecule has 11 heteroatoms. The number of aromatic nitrogens is 6. The number of hydrogen-bond acceptors (Lipinski definition) is 8. The molecule has 43 heavy (non-hydrogen) atoms. The van der Waals surface area contributed by atoms with Crippen LogP contribution in [-0.2, 0) is 4.74 Å². The summed E-state index contributed by atoms with van der Waals surface area (Å²) in [6.07, 6.45) is 10.5. The van der Waals surface area contributed by atoms with Gasteiger partial charge in [-0.25, -0.2) is 9.78 Å². The number of nitrogens with one attached hydrogen (secondary N) is 2. The lowest BCUT2D eigenvalue weighted by atomic mass is 10.1. The van der Waals surface area contributed by atoms with Gasteiger partial charge >= 0.3 is 5.97 Å². The maximum Gasteiger partial charge on any atom is 0.343 e. The highest BCUT2D eigenvalue weighted by molar-refractivity contribution is 6.06. The van der Waals surface area contributed by atoms with E-state index in [0.29, 0.717) is 32.8 Å². The van der Waals surface area contributed by atoms with Gasteiger partial charge in [-0.05, 0) is 24.3 Å². The van der Waals surface area contributed by atoms with E-state index in [0.717, 1.165) is 10.8 Å². The van der Waals surface area contributed by atoms with Crippen LogP contribution in [0, 0.1) is 0 Å². The van der Waals surface area contributed by atoms with Crippen LogP contribution in [0.5, 0.6) is 0 Å². The molecular formula is C32H26N6O5. The Kier molecular flexibility index (Phi) is 8.15. The number of fused-ring (bicyclic) bond motifs is 6. The van der Waals surface area contributed by atoms with Crippen molar-refractivity contribution in [3.8, 4) is 0 Å². The summed E-state index contributed by atoms with van der Waals surface area (Å²) in [4.78, 5) is 67.0. The van der Waals surface area contributed by atoms with Crippen LogP contribution in [0.3, 0.4) is 0 Å². The van der Waals surface area contributed by atoms with Gasteiger partial charge < -0.3 is 14.7 Å². The number of rotatable bonds is 2. The predicted molar refractivity (Wildman–Crippen MR) is 164 cm³/mol. The Morgan fingerprint density at radius 2 is 1.28 bits per heavy atom. The van der Waals surface area contributed by atoms with Crippen molar-refractivity contribution in [1.29, 1.82) is 0 Å². The van der Waals surface area contributed by atoms with Crippen LogP contribution < -0.4 is 10.9 Å². The van der Waals surface area contributed by atoms with E-state index in [9.17, 15) is 19.2 Å². The van der Waals surface area contributed by atoms with Crippen molar-refractivity contribution in [1.82, 2.24) is 29.5 Å². The number of pyridine rings is 4. The summed E-state index contributed by atoms with van der Waals surface area (Å²) >= 11 is 0. The number of nitrogens with zero attached hydrogens (tertiary/aromatic N) is 4. The Hall–Kier alpha value is -5.97. The van der Waals surface area contributed by atoms with Gasteiger partial charge in [0.15, 0.2) is 0 Å². The number of esters is 1. The third-order valence-electron chi connectivity index (χ3n) is 6.62. The lowest BCUT2D eigenvalue weighted by Gasteiger charge is -2.05. The van der Waals surface area contributed by atoms with Gasteiger partial charge in [-0.1, -0.05) is 38.1 Å². The first-order valence-electron chi connectivity index (χ1n) is 13.4. The summed E-state index contributed by atoms with van der Waals surface area (Å²) in [5.74, 6) is -1.06. The van der Waals surface area contributed by atoms with Crippen molar-refractivity contribution in [3.05, 3.63) is 124 Å². The number of ether oxygens (including phenoxy) is 1. The van der Waals surface area contributed by atoms with Crippen LogP contribution in [0.2, 0.25) is 0 Å². The summed E-state index contributed by atoms with van der Waals surface area (Å²) in [6, 6.07) is 14.5. The lowest BCUT2D eigenvalue weighted by molar-refractivity contribution is 0.0599. The SMILES string of the molecule is CC.COC(=O)c1c[nH]c2c(ccc3cccnc32)c1=O.O=C(c1c[nH]c2c(ccc3cccnc32)c1=O)n1ccnc1. The second-order valence-corrected chi connectivity index (χ2v) is 8.96. The molecule has 0 radical (unpaired) electrons. The van der Waals surface area contributed by atoms with E-state index < -0.39 is 11.9 Å². The molecule has 0 spiro atoms. The minimum absolute atomic E-state index is 0.00900. The standard InChI is InChI=1S/C16H10N4O2.C14H10N2O3.C2H6/c21-15-11-4-3-10-2-1-5-18-13(10)14(11)19-8-12(15)16(22)20-7-6-17-9-20;1-19-14(18)10-7-16-12-9(13(10)17)5-4-8-3-2-6-15-11(8)12;1-2/h1-9H,(H,19,21);2-7H,1H3,(H,16,17);1-2H3. The number of benzene rings is 2. The average Bonchev–Trinajstić information content (AvgIpc) is 3.61. The molecule has 2 aromatic carbocycles. The lowest BCUT2D eigenvalue weighted by Crippen LogP contribution is -2.20. The van der Waals surface area contributed by atoms with Crippen molar-refractivity contribution in [3.63, 3.8) is 0 Å². The summed E-state index contributed by atoms with van der Waals surface area (Å²) in [5.41, 5.74) is 2.05. The molecule has 5 aromatic heterocycles. The maximum atomic E-state index is 12.6. The van der Waals surface area contributed by atoms with E-state index in [2.05, 4.69) is 29.7 Å². The van der Waals surface area contributed by atoms with E-state index in [1.807, 2.05) is 44.2 Å². The minimum atomic E-state index is -0.649. The van der Waals surface area contributed by atoms with E-state index in [4.69, 9.17) is 0 Å². The fourth-order valence-corrected chi connectivity index (χ4v) is 4.61. The van der Waals surface area contributed by atoms with Crippen LogP contribution >= 0.6 is 0 Å². The van der Waals surface area contributed by atoms with Gasteiger partial charge in [-0.2, -0.15) is 0 Å².